The SMILES string of the molecule is CC(C)C(=O)N=C1S[C@@H]2CS(=O)(=O)C[C@@H]2N1c1ccc(Br)cc1. The number of carbonyl (C=O) groups excluding carboxylic acids is 1. The normalized spacial score (nSPS) is 27.7. The van der Waals surface area contributed by atoms with Gasteiger partial charge in [0.15, 0.2) is 15.0 Å². The molecule has 0 unspecified atom stereocenters. The van der Waals surface area contributed by atoms with Gasteiger partial charge in [-0.2, -0.15) is 4.99 Å². The van der Waals surface area contributed by atoms with Crippen LogP contribution in [-0.2, 0) is 14.6 Å². The Balaban J connectivity index is 2.00. The van der Waals surface area contributed by atoms with Crippen LogP contribution in [0.15, 0.2) is 33.7 Å². The molecule has 8 heteroatoms. The van der Waals surface area contributed by atoms with Gasteiger partial charge in [-0.25, -0.2) is 8.42 Å². The standard InChI is InChI=1S/C15H17BrN2O3S2/c1-9(2)14(19)17-15-18(11-5-3-10(16)4-6-11)12-7-23(20,21)8-13(12)22-15/h3-6,9,12-13H,7-8H2,1-2H3/t12-,13+/m0/s1. The van der Waals surface area contributed by atoms with Crippen LogP contribution < -0.4 is 4.90 Å². The number of aliphatic imine (C=N–C) groups is 1. The van der Waals surface area contributed by atoms with Gasteiger partial charge in [0.05, 0.1) is 17.5 Å². The monoisotopic (exact) mass is 416 g/mol. The summed E-state index contributed by atoms with van der Waals surface area (Å²) in [5.74, 6) is -0.114. The van der Waals surface area contributed by atoms with E-state index in [-0.39, 0.29) is 34.6 Å². The number of sulfone groups is 1. The molecular formula is C15H17BrN2O3S2. The fourth-order valence-corrected chi connectivity index (χ4v) is 6.88. The predicted molar refractivity (Wildman–Crippen MR) is 97.7 cm³/mol. The van der Waals surface area contributed by atoms with Crippen LogP contribution in [0.25, 0.3) is 0 Å². The zero-order valence-electron chi connectivity index (χ0n) is 12.8. The van der Waals surface area contributed by atoms with Gasteiger partial charge in [-0.3, -0.25) is 4.79 Å². The smallest absolute Gasteiger partial charge is 0.250 e. The van der Waals surface area contributed by atoms with Gasteiger partial charge >= 0.3 is 0 Å². The highest BCUT2D eigenvalue weighted by Crippen LogP contribution is 2.41. The Morgan fingerprint density at radius 2 is 1.96 bits per heavy atom. The van der Waals surface area contributed by atoms with Crippen molar-refractivity contribution >= 4 is 54.3 Å². The number of hydrogen-bond acceptors (Lipinski definition) is 4. The molecule has 2 saturated heterocycles. The van der Waals surface area contributed by atoms with Gasteiger partial charge < -0.3 is 4.90 Å². The third-order valence-corrected chi connectivity index (χ3v) is 7.61. The van der Waals surface area contributed by atoms with Gasteiger partial charge in [-0.05, 0) is 24.3 Å². The lowest BCUT2D eigenvalue weighted by molar-refractivity contribution is -0.120. The summed E-state index contributed by atoms with van der Waals surface area (Å²) in [6, 6.07) is 7.46. The number of amidine groups is 1. The molecule has 5 nitrogen and oxygen atoms in total. The van der Waals surface area contributed by atoms with Crippen molar-refractivity contribution in [2.75, 3.05) is 16.4 Å². The van der Waals surface area contributed by atoms with E-state index in [1.807, 2.05) is 29.2 Å². The highest BCUT2D eigenvalue weighted by molar-refractivity contribution is 9.10. The van der Waals surface area contributed by atoms with Gasteiger partial charge in [0.25, 0.3) is 5.91 Å². The summed E-state index contributed by atoms with van der Waals surface area (Å²) >= 11 is 4.80. The second-order valence-electron chi connectivity index (χ2n) is 6.03. The molecule has 0 saturated carbocycles. The van der Waals surface area contributed by atoms with E-state index in [2.05, 4.69) is 20.9 Å². The van der Waals surface area contributed by atoms with Crippen LogP contribution in [0, 0.1) is 5.92 Å². The number of thioether (sulfide) groups is 1. The maximum Gasteiger partial charge on any atom is 0.250 e. The second-order valence-corrected chi connectivity index (χ2v) is 10.3. The maximum absolute atomic E-state index is 12.0. The molecule has 0 radical (unpaired) electrons. The van der Waals surface area contributed by atoms with Gasteiger partial charge in [0.1, 0.15) is 0 Å². The van der Waals surface area contributed by atoms with Gasteiger partial charge in [0.2, 0.25) is 0 Å². The number of rotatable bonds is 2. The van der Waals surface area contributed by atoms with Crippen molar-refractivity contribution in [3.8, 4) is 0 Å². The molecule has 0 spiro atoms. The summed E-state index contributed by atoms with van der Waals surface area (Å²) in [5, 5.41) is 0.540. The van der Waals surface area contributed by atoms with Crippen LogP contribution in [0.3, 0.4) is 0 Å². The van der Waals surface area contributed by atoms with Crippen molar-refractivity contribution in [1.82, 2.24) is 0 Å². The van der Waals surface area contributed by atoms with Gasteiger partial charge in [-0.15, -0.1) is 0 Å². The maximum atomic E-state index is 12.0. The summed E-state index contributed by atoms with van der Waals surface area (Å²) in [7, 11) is -3.03. The highest BCUT2D eigenvalue weighted by Gasteiger charge is 2.49. The van der Waals surface area contributed by atoms with E-state index in [0.717, 1.165) is 10.2 Å². The Bertz CT molecular complexity index is 759. The molecule has 1 aromatic rings. The van der Waals surface area contributed by atoms with Crippen LogP contribution in [0.5, 0.6) is 0 Å². The molecule has 1 aromatic carbocycles. The lowest BCUT2D eigenvalue weighted by Crippen LogP contribution is -2.37. The number of anilines is 1. The average Bonchev–Trinajstić information content (AvgIpc) is 2.91. The molecule has 23 heavy (non-hydrogen) atoms. The van der Waals surface area contributed by atoms with Crippen molar-refractivity contribution in [2.45, 2.75) is 25.1 Å². The first-order valence-electron chi connectivity index (χ1n) is 7.31. The number of nitrogens with zero attached hydrogens (tertiary/aromatic N) is 2. The summed E-state index contributed by atoms with van der Waals surface area (Å²) in [6.45, 7) is 3.61. The quantitative estimate of drug-likeness (QED) is 0.741. The van der Waals surface area contributed by atoms with Crippen molar-refractivity contribution < 1.29 is 13.2 Å². The molecule has 2 aliphatic heterocycles. The largest absolute Gasteiger partial charge is 0.316 e. The third kappa shape index (κ3) is 3.49. The molecule has 124 valence electrons. The van der Waals surface area contributed by atoms with Crippen LogP contribution in [-0.4, -0.2) is 42.3 Å². The van der Waals surface area contributed by atoms with Crippen LogP contribution >= 0.6 is 27.7 Å². The number of halogens is 1. The molecule has 2 aliphatic rings. The molecule has 0 bridgehead atoms. The van der Waals surface area contributed by atoms with E-state index in [9.17, 15) is 13.2 Å². The average molecular weight is 417 g/mol. The number of fused-ring (bicyclic) bond motifs is 1. The third-order valence-electron chi connectivity index (χ3n) is 3.87. The summed E-state index contributed by atoms with van der Waals surface area (Å²) < 4.78 is 24.9. The molecular weight excluding hydrogens is 400 g/mol. The second kappa shape index (κ2) is 6.22. The zero-order valence-corrected chi connectivity index (χ0v) is 16.0. The van der Waals surface area contributed by atoms with E-state index in [0.29, 0.717) is 5.17 Å². The van der Waals surface area contributed by atoms with E-state index >= 15 is 0 Å². The molecule has 2 heterocycles. The molecule has 2 atom stereocenters. The Kier molecular flexibility index (Phi) is 4.59. The van der Waals surface area contributed by atoms with E-state index in [1.54, 1.807) is 13.8 Å². The predicted octanol–water partition coefficient (Wildman–Crippen LogP) is 2.71. The minimum atomic E-state index is -3.03. The number of hydrogen-bond donors (Lipinski definition) is 0. The minimum Gasteiger partial charge on any atom is -0.316 e. The van der Waals surface area contributed by atoms with E-state index < -0.39 is 9.84 Å². The fraction of sp³-hybridized carbons (Fsp3) is 0.467. The molecule has 1 amide bonds. The number of amides is 1. The summed E-state index contributed by atoms with van der Waals surface area (Å²) in [6.07, 6.45) is 0. The van der Waals surface area contributed by atoms with Crippen LogP contribution in [0.4, 0.5) is 5.69 Å². The van der Waals surface area contributed by atoms with Crippen LogP contribution in [0.1, 0.15) is 13.8 Å². The zero-order chi connectivity index (χ0) is 16.8. The Hall–Kier alpha value is -0.860. The van der Waals surface area contributed by atoms with Gasteiger partial charge in [0, 0.05) is 21.3 Å². The topological polar surface area (TPSA) is 66.8 Å². The van der Waals surface area contributed by atoms with E-state index in [4.69, 9.17) is 0 Å². The first kappa shape index (κ1) is 17.0. The Morgan fingerprint density at radius 3 is 2.57 bits per heavy atom. The molecule has 0 aliphatic carbocycles. The first-order valence-corrected chi connectivity index (χ1v) is 10.8. The van der Waals surface area contributed by atoms with Gasteiger partial charge in [-0.1, -0.05) is 41.5 Å². The minimum absolute atomic E-state index is 0.0673. The summed E-state index contributed by atoms with van der Waals surface area (Å²) in [5.41, 5.74) is 0.862. The lowest BCUT2D eigenvalue weighted by atomic mass is 10.2. The summed E-state index contributed by atoms with van der Waals surface area (Å²) in [4.78, 5) is 18.2. The Labute approximate surface area is 148 Å². The Morgan fingerprint density at radius 1 is 1.30 bits per heavy atom. The van der Waals surface area contributed by atoms with Crippen molar-refractivity contribution in [3.05, 3.63) is 28.7 Å². The van der Waals surface area contributed by atoms with Crippen molar-refractivity contribution in [3.63, 3.8) is 0 Å². The molecule has 3 rings (SSSR count). The van der Waals surface area contributed by atoms with E-state index in [1.165, 1.54) is 11.8 Å². The first-order chi connectivity index (χ1) is 10.8. The number of benzene rings is 1. The fourth-order valence-electron chi connectivity index (χ4n) is 2.69. The molecule has 0 N–H and O–H groups in total. The molecule has 0 aromatic heterocycles. The number of carbonyl (C=O) groups is 1. The van der Waals surface area contributed by atoms with Crippen molar-refractivity contribution in [2.24, 2.45) is 10.9 Å². The highest BCUT2D eigenvalue weighted by atomic mass is 79.9. The van der Waals surface area contributed by atoms with Crippen molar-refractivity contribution in [1.29, 1.82) is 0 Å². The van der Waals surface area contributed by atoms with Crippen LogP contribution in [0.2, 0.25) is 0 Å². The molecule has 2 fully saturated rings. The lowest BCUT2D eigenvalue weighted by Gasteiger charge is -2.24.